The molecule has 1 fully saturated rings. The lowest BCUT2D eigenvalue weighted by molar-refractivity contribution is -0.118. The number of sulfone groups is 1. The number of carbonyl (C=O) groups is 1. The van der Waals surface area contributed by atoms with Crippen molar-refractivity contribution in [1.82, 2.24) is 4.90 Å². The van der Waals surface area contributed by atoms with Crippen molar-refractivity contribution in [3.63, 3.8) is 0 Å². The standard InChI is InChI=1S/C25H28N2O4S2/c1-18-5-8-24(14-19(18)2)32-23-9-6-20(7-10-23)26-25(28)16-27(15-22-4-3-12-31-22)21-11-13-33(29,30)17-21/h3-10,12,14,21H,11,13,15-17H2,1-2H3,(H,26,28)/t21-/m0/s1. The van der Waals surface area contributed by atoms with Crippen molar-refractivity contribution in [2.24, 2.45) is 0 Å². The molecule has 6 nitrogen and oxygen atoms in total. The van der Waals surface area contributed by atoms with Gasteiger partial charge in [-0.25, -0.2) is 8.42 Å². The van der Waals surface area contributed by atoms with Crippen LogP contribution in [-0.2, 0) is 21.2 Å². The van der Waals surface area contributed by atoms with E-state index in [4.69, 9.17) is 4.42 Å². The maximum atomic E-state index is 12.8. The van der Waals surface area contributed by atoms with E-state index in [1.807, 2.05) is 35.2 Å². The Kier molecular flexibility index (Phi) is 7.26. The summed E-state index contributed by atoms with van der Waals surface area (Å²) in [5.74, 6) is 0.763. The zero-order valence-electron chi connectivity index (χ0n) is 18.8. The molecule has 1 amide bonds. The van der Waals surface area contributed by atoms with Gasteiger partial charge in [-0.05, 0) is 79.9 Å². The first-order valence-electron chi connectivity index (χ1n) is 10.9. The summed E-state index contributed by atoms with van der Waals surface area (Å²) in [4.78, 5) is 16.9. The Balaban J connectivity index is 1.38. The second kappa shape index (κ2) is 10.2. The molecule has 0 bridgehead atoms. The number of benzene rings is 2. The van der Waals surface area contributed by atoms with Crippen molar-refractivity contribution in [3.8, 4) is 0 Å². The van der Waals surface area contributed by atoms with Crippen LogP contribution >= 0.6 is 11.8 Å². The summed E-state index contributed by atoms with van der Waals surface area (Å²) in [5, 5.41) is 2.93. The molecular formula is C25H28N2O4S2. The first-order chi connectivity index (χ1) is 15.8. The summed E-state index contributed by atoms with van der Waals surface area (Å²) in [6.45, 7) is 4.70. The van der Waals surface area contributed by atoms with Crippen LogP contribution in [-0.4, -0.2) is 43.3 Å². The molecule has 1 saturated heterocycles. The fourth-order valence-corrected chi connectivity index (χ4v) is 6.56. The number of hydrogen-bond donors (Lipinski definition) is 1. The number of hydrogen-bond acceptors (Lipinski definition) is 6. The minimum atomic E-state index is -3.06. The van der Waals surface area contributed by atoms with E-state index in [-0.39, 0.29) is 30.0 Å². The van der Waals surface area contributed by atoms with Crippen molar-refractivity contribution < 1.29 is 17.6 Å². The Morgan fingerprint density at radius 3 is 2.48 bits per heavy atom. The zero-order valence-corrected chi connectivity index (χ0v) is 20.4. The number of amides is 1. The van der Waals surface area contributed by atoms with E-state index in [1.54, 1.807) is 24.1 Å². The van der Waals surface area contributed by atoms with Crippen molar-refractivity contribution in [2.75, 3.05) is 23.4 Å². The minimum Gasteiger partial charge on any atom is -0.468 e. The van der Waals surface area contributed by atoms with E-state index in [1.165, 1.54) is 16.0 Å². The highest BCUT2D eigenvalue weighted by Crippen LogP contribution is 2.30. The van der Waals surface area contributed by atoms with Crippen molar-refractivity contribution >= 4 is 33.2 Å². The van der Waals surface area contributed by atoms with Crippen LogP contribution in [0.2, 0.25) is 0 Å². The summed E-state index contributed by atoms with van der Waals surface area (Å²) in [6.07, 6.45) is 2.11. The van der Waals surface area contributed by atoms with Gasteiger partial charge in [-0.15, -0.1) is 0 Å². The van der Waals surface area contributed by atoms with Gasteiger partial charge in [0.1, 0.15) is 5.76 Å². The summed E-state index contributed by atoms with van der Waals surface area (Å²) in [6, 6.07) is 17.6. The van der Waals surface area contributed by atoms with Crippen LogP contribution in [0.5, 0.6) is 0 Å². The van der Waals surface area contributed by atoms with Crippen LogP contribution in [0.3, 0.4) is 0 Å². The summed E-state index contributed by atoms with van der Waals surface area (Å²) in [5.41, 5.74) is 3.24. The van der Waals surface area contributed by atoms with Crippen molar-refractivity contribution in [3.05, 3.63) is 77.7 Å². The van der Waals surface area contributed by atoms with Crippen LogP contribution in [0.1, 0.15) is 23.3 Å². The van der Waals surface area contributed by atoms with Gasteiger partial charge in [-0.2, -0.15) is 0 Å². The van der Waals surface area contributed by atoms with Gasteiger partial charge >= 0.3 is 0 Å². The average molecular weight is 485 g/mol. The van der Waals surface area contributed by atoms with Crippen LogP contribution in [0, 0.1) is 13.8 Å². The van der Waals surface area contributed by atoms with Crippen LogP contribution in [0.25, 0.3) is 0 Å². The van der Waals surface area contributed by atoms with Crippen molar-refractivity contribution in [1.29, 1.82) is 0 Å². The van der Waals surface area contributed by atoms with Gasteiger partial charge in [0.25, 0.3) is 0 Å². The summed E-state index contributed by atoms with van der Waals surface area (Å²) >= 11 is 1.68. The second-order valence-corrected chi connectivity index (χ2v) is 11.8. The Morgan fingerprint density at radius 2 is 1.85 bits per heavy atom. The maximum absolute atomic E-state index is 12.8. The predicted molar refractivity (Wildman–Crippen MR) is 131 cm³/mol. The molecule has 2 heterocycles. The SMILES string of the molecule is Cc1ccc(Sc2ccc(NC(=O)CN(Cc3ccco3)[C@H]3CCS(=O)(=O)C3)cc2)cc1C. The van der Waals surface area contributed by atoms with Crippen LogP contribution < -0.4 is 5.32 Å². The molecule has 4 rings (SSSR count). The zero-order chi connectivity index (χ0) is 23.4. The molecule has 8 heteroatoms. The fraction of sp³-hybridized carbons (Fsp3) is 0.320. The molecule has 3 aromatic rings. The van der Waals surface area contributed by atoms with E-state index >= 15 is 0 Å². The number of nitrogens with one attached hydrogen (secondary N) is 1. The molecule has 1 atom stereocenters. The summed E-state index contributed by atoms with van der Waals surface area (Å²) in [7, 11) is -3.06. The molecule has 1 aromatic heterocycles. The lowest BCUT2D eigenvalue weighted by Gasteiger charge is -2.26. The van der Waals surface area contributed by atoms with E-state index in [0.29, 0.717) is 24.4 Å². The molecule has 174 valence electrons. The largest absolute Gasteiger partial charge is 0.468 e. The Bertz CT molecular complexity index is 1210. The number of nitrogens with zero attached hydrogens (tertiary/aromatic N) is 1. The lowest BCUT2D eigenvalue weighted by atomic mass is 10.1. The van der Waals surface area contributed by atoms with Gasteiger partial charge in [-0.1, -0.05) is 17.8 Å². The Morgan fingerprint density at radius 1 is 1.09 bits per heavy atom. The summed E-state index contributed by atoms with van der Waals surface area (Å²) < 4.78 is 29.4. The van der Waals surface area contributed by atoms with E-state index < -0.39 is 9.84 Å². The number of rotatable bonds is 8. The molecule has 0 unspecified atom stereocenters. The molecule has 1 N–H and O–H groups in total. The molecule has 0 saturated carbocycles. The average Bonchev–Trinajstić information content (AvgIpc) is 3.41. The number of furan rings is 1. The number of anilines is 1. The third-order valence-electron chi connectivity index (χ3n) is 5.86. The molecule has 0 aliphatic carbocycles. The van der Waals surface area contributed by atoms with Gasteiger partial charge in [-0.3, -0.25) is 9.69 Å². The number of aryl methyl sites for hydroxylation is 2. The molecule has 33 heavy (non-hydrogen) atoms. The smallest absolute Gasteiger partial charge is 0.238 e. The third kappa shape index (κ3) is 6.50. The van der Waals surface area contributed by atoms with Gasteiger partial charge < -0.3 is 9.73 Å². The molecule has 1 aliphatic rings. The van der Waals surface area contributed by atoms with Crippen molar-refractivity contribution in [2.45, 2.75) is 42.6 Å². The molecule has 0 radical (unpaired) electrons. The Hall–Kier alpha value is -2.55. The fourth-order valence-electron chi connectivity index (χ4n) is 3.88. The number of carbonyl (C=O) groups excluding carboxylic acids is 1. The quantitative estimate of drug-likeness (QED) is 0.500. The van der Waals surface area contributed by atoms with Gasteiger partial charge in [0, 0.05) is 21.5 Å². The van der Waals surface area contributed by atoms with E-state index in [0.717, 1.165) is 4.90 Å². The van der Waals surface area contributed by atoms with Crippen LogP contribution in [0.4, 0.5) is 5.69 Å². The third-order valence-corrected chi connectivity index (χ3v) is 8.61. The highest BCUT2D eigenvalue weighted by molar-refractivity contribution is 7.99. The lowest BCUT2D eigenvalue weighted by Crippen LogP contribution is -2.41. The Labute approximate surface area is 199 Å². The molecular weight excluding hydrogens is 456 g/mol. The first-order valence-corrected chi connectivity index (χ1v) is 13.5. The van der Waals surface area contributed by atoms with Gasteiger partial charge in [0.2, 0.25) is 5.91 Å². The predicted octanol–water partition coefficient (Wildman–Crippen LogP) is 4.68. The minimum absolute atomic E-state index is 0.0748. The topological polar surface area (TPSA) is 79.6 Å². The van der Waals surface area contributed by atoms with E-state index in [2.05, 4.69) is 37.4 Å². The van der Waals surface area contributed by atoms with Gasteiger partial charge in [0.05, 0.1) is 30.9 Å². The highest BCUT2D eigenvalue weighted by atomic mass is 32.2. The van der Waals surface area contributed by atoms with Crippen LogP contribution in [0.15, 0.2) is 75.1 Å². The van der Waals surface area contributed by atoms with E-state index in [9.17, 15) is 13.2 Å². The highest BCUT2D eigenvalue weighted by Gasteiger charge is 2.33. The molecule has 0 spiro atoms. The molecule has 2 aromatic carbocycles. The maximum Gasteiger partial charge on any atom is 0.238 e. The van der Waals surface area contributed by atoms with Gasteiger partial charge in [0.15, 0.2) is 9.84 Å². The molecule has 1 aliphatic heterocycles. The second-order valence-electron chi connectivity index (χ2n) is 8.46. The monoisotopic (exact) mass is 484 g/mol. The first kappa shape index (κ1) is 23.6. The normalized spacial score (nSPS) is 17.4.